The first-order valence-corrected chi connectivity index (χ1v) is 10.0. The van der Waals surface area contributed by atoms with E-state index in [1.54, 1.807) is 0 Å². The van der Waals surface area contributed by atoms with Crippen LogP contribution in [0.15, 0.2) is 42.5 Å². The number of amides is 1. The van der Waals surface area contributed by atoms with E-state index in [0.717, 1.165) is 59.7 Å². The molecule has 4 rings (SSSR count). The Bertz CT molecular complexity index is 992. The van der Waals surface area contributed by atoms with Crippen molar-refractivity contribution in [1.82, 2.24) is 9.97 Å². The minimum atomic E-state index is -0.518. The summed E-state index contributed by atoms with van der Waals surface area (Å²) in [4.78, 5) is 23.0. The molecule has 3 aromatic rings. The average Bonchev–Trinajstić information content (AvgIpc) is 3.18. The lowest BCUT2D eigenvalue weighted by molar-refractivity contribution is -0.122. The fourth-order valence-electron chi connectivity index (χ4n) is 3.86. The number of aromatic nitrogens is 2. The van der Waals surface area contributed by atoms with Crippen LogP contribution in [0.3, 0.4) is 0 Å². The number of hydrogen-bond acceptors (Lipinski definition) is 3. The van der Waals surface area contributed by atoms with E-state index >= 15 is 0 Å². The Morgan fingerprint density at radius 1 is 1.14 bits per heavy atom. The van der Waals surface area contributed by atoms with Crippen LogP contribution in [-0.4, -0.2) is 22.4 Å². The number of carbonyl (C=O) groups excluding carboxylic acids is 1. The lowest BCUT2D eigenvalue weighted by atomic mass is 9.86. The molecule has 5 nitrogen and oxygen atoms in total. The molecule has 2 heterocycles. The smallest absolute Gasteiger partial charge is 0.237 e. The summed E-state index contributed by atoms with van der Waals surface area (Å²) in [6.45, 7) is 7.34. The van der Waals surface area contributed by atoms with Crippen LogP contribution in [0.25, 0.3) is 11.0 Å². The van der Waals surface area contributed by atoms with Gasteiger partial charge in [-0.2, -0.15) is 0 Å². The van der Waals surface area contributed by atoms with Crippen LogP contribution in [0.1, 0.15) is 51.4 Å². The molecule has 1 amide bonds. The number of H-pyrrole nitrogens is 1. The van der Waals surface area contributed by atoms with Gasteiger partial charge in [0.25, 0.3) is 0 Å². The van der Waals surface area contributed by atoms with Gasteiger partial charge in [0.2, 0.25) is 5.91 Å². The number of nitrogens with one attached hydrogen (secondary N) is 1. The number of ether oxygens (including phenoxy) is 1. The van der Waals surface area contributed by atoms with Crippen LogP contribution in [0.2, 0.25) is 0 Å². The van der Waals surface area contributed by atoms with Crippen molar-refractivity contribution in [2.45, 2.75) is 52.1 Å². The van der Waals surface area contributed by atoms with E-state index in [9.17, 15) is 4.79 Å². The van der Waals surface area contributed by atoms with E-state index < -0.39 is 5.41 Å². The molecule has 1 aliphatic heterocycles. The highest BCUT2D eigenvalue weighted by Crippen LogP contribution is 2.43. The van der Waals surface area contributed by atoms with E-state index in [2.05, 4.69) is 29.0 Å². The molecule has 2 aromatic carbocycles. The molecule has 5 heteroatoms. The van der Waals surface area contributed by atoms with E-state index in [1.807, 2.05) is 49.1 Å². The van der Waals surface area contributed by atoms with Gasteiger partial charge in [0.05, 0.1) is 22.1 Å². The lowest BCUT2D eigenvalue weighted by Gasteiger charge is -2.20. The second kappa shape index (κ2) is 7.30. The maximum Gasteiger partial charge on any atom is 0.237 e. The number of fused-ring (bicyclic) bond motifs is 2. The van der Waals surface area contributed by atoms with E-state index in [4.69, 9.17) is 4.74 Å². The highest BCUT2D eigenvalue weighted by Gasteiger charge is 2.43. The molecule has 0 bridgehead atoms. The van der Waals surface area contributed by atoms with Crippen LogP contribution < -0.4 is 9.64 Å². The first-order valence-electron chi connectivity index (χ1n) is 10.0. The highest BCUT2D eigenvalue weighted by atomic mass is 16.5. The Hall–Kier alpha value is -2.82. The number of unbranched alkanes of at least 4 members (excludes halogenated alkanes) is 2. The summed E-state index contributed by atoms with van der Waals surface area (Å²) in [6, 6.07) is 13.9. The number of nitrogens with zero attached hydrogens (tertiary/aromatic N) is 2. The molecule has 0 radical (unpaired) electrons. The summed E-state index contributed by atoms with van der Waals surface area (Å²) in [5.74, 6) is 1.78. The molecule has 0 atom stereocenters. The third-order valence-electron chi connectivity index (χ3n) is 5.50. The van der Waals surface area contributed by atoms with Gasteiger partial charge < -0.3 is 14.6 Å². The van der Waals surface area contributed by atoms with Crippen molar-refractivity contribution >= 4 is 22.6 Å². The number of hydrogen-bond donors (Lipinski definition) is 1. The standard InChI is InChI=1S/C23H27N3O2/c1-4-5-9-12-26-20-14-19-18(13-17(20)23(2,3)22(26)27)24-21(25-19)15-28-16-10-7-6-8-11-16/h6-8,10-11,13-14H,4-5,9,12,15H2,1-3H3,(H,24,25). The summed E-state index contributed by atoms with van der Waals surface area (Å²) >= 11 is 0. The monoisotopic (exact) mass is 377 g/mol. The van der Waals surface area contributed by atoms with Gasteiger partial charge in [-0.05, 0) is 50.1 Å². The zero-order valence-electron chi connectivity index (χ0n) is 16.8. The number of aromatic amines is 1. The maximum absolute atomic E-state index is 13.0. The summed E-state index contributed by atoms with van der Waals surface area (Å²) in [5.41, 5.74) is 3.37. The van der Waals surface area contributed by atoms with Gasteiger partial charge >= 0.3 is 0 Å². The maximum atomic E-state index is 13.0. The molecular formula is C23H27N3O2. The SMILES string of the molecule is CCCCCN1C(=O)C(C)(C)c2cc3nc(COc4ccccc4)[nH]c3cc21. The molecule has 1 N–H and O–H groups in total. The number of carbonyl (C=O) groups is 1. The Morgan fingerprint density at radius 2 is 1.93 bits per heavy atom. The molecule has 28 heavy (non-hydrogen) atoms. The summed E-state index contributed by atoms with van der Waals surface area (Å²) < 4.78 is 5.81. The van der Waals surface area contributed by atoms with Crippen molar-refractivity contribution in [3.8, 4) is 5.75 Å². The molecule has 0 saturated carbocycles. The van der Waals surface area contributed by atoms with Crippen LogP contribution in [0.5, 0.6) is 5.75 Å². The summed E-state index contributed by atoms with van der Waals surface area (Å²) in [6.07, 6.45) is 3.30. The predicted molar refractivity (Wildman–Crippen MR) is 112 cm³/mol. The summed E-state index contributed by atoms with van der Waals surface area (Å²) in [7, 11) is 0. The minimum Gasteiger partial charge on any atom is -0.486 e. The number of imidazole rings is 1. The third-order valence-corrected chi connectivity index (χ3v) is 5.50. The van der Waals surface area contributed by atoms with Crippen LogP contribution in [0.4, 0.5) is 5.69 Å². The molecule has 0 aliphatic carbocycles. The Morgan fingerprint density at radius 3 is 2.68 bits per heavy atom. The quantitative estimate of drug-likeness (QED) is 0.592. The van der Waals surface area contributed by atoms with E-state index in [0.29, 0.717) is 6.61 Å². The first-order chi connectivity index (χ1) is 13.5. The molecule has 0 fully saturated rings. The molecule has 0 saturated heterocycles. The van der Waals surface area contributed by atoms with Crippen LogP contribution >= 0.6 is 0 Å². The Labute approximate surface area is 165 Å². The zero-order valence-corrected chi connectivity index (χ0v) is 16.8. The van der Waals surface area contributed by atoms with Crippen molar-refractivity contribution < 1.29 is 9.53 Å². The molecular weight excluding hydrogens is 350 g/mol. The van der Waals surface area contributed by atoms with Gasteiger partial charge in [0, 0.05) is 6.54 Å². The highest BCUT2D eigenvalue weighted by molar-refractivity contribution is 6.09. The second-order valence-electron chi connectivity index (χ2n) is 7.96. The fourth-order valence-corrected chi connectivity index (χ4v) is 3.86. The number of para-hydroxylation sites is 1. The molecule has 1 aliphatic rings. The molecule has 1 aromatic heterocycles. The van der Waals surface area contributed by atoms with Crippen molar-refractivity contribution in [2.24, 2.45) is 0 Å². The van der Waals surface area contributed by atoms with Gasteiger partial charge in [-0.25, -0.2) is 4.98 Å². The van der Waals surface area contributed by atoms with Crippen molar-refractivity contribution in [2.75, 3.05) is 11.4 Å². The second-order valence-corrected chi connectivity index (χ2v) is 7.96. The molecule has 0 unspecified atom stereocenters. The van der Waals surface area contributed by atoms with Gasteiger partial charge in [0.15, 0.2) is 0 Å². The average molecular weight is 377 g/mol. The summed E-state index contributed by atoms with van der Waals surface area (Å²) in [5, 5.41) is 0. The fraction of sp³-hybridized carbons (Fsp3) is 0.391. The Balaban J connectivity index is 1.62. The lowest BCUT2D eigenvalue weighted by Crippen LogP contribution is -2.36. The van der Waals surface area contributed by atoms with Crippen molar-refractivity contribution in [3.63, 3.8) is 0 Å². The van der Waals surface area contributed by atoms with Gasteiger partial charge in [-0.1, -0.05) is 38.0 Å². The van der Waals surface area contributed by atoms with Crippen molar-refractivity contribution in [3.05, 3.63) is 53.9 Å². The third kappa shape index (κ3) is 3.26. The van der Waals surface area contributed by atoms with Crippen LogP contribution in [0, 0.1) is 0 Å². The number of anilines is 1. The van der Waals surface area contributed by atoms with Crippen LogP contribution in [-0.2, 0) is 16.8 Å². The zero-order chi connectivity index (χ0) is 19.7. The molecule has 0 spiro atoms. The Kier molecular flexibility index (Phi) is 4.84. The van der Waals surface area contributed by atoms with Gasteiger partial charge in [-0.3, -0.25) is 4.79 Å². The van der Waals surface area contributed by atoms with Crippen molar-refractivity contribution in [1.29, 1.82) is 0 Å². The number of benzene rings is 2. The molecule has 146 valence electrons. The van der Waals surface area contributed by atoms with Gasteiger partial charge in [-0.15, -0.1) is 0 Å². The largest absolute Gasteiger partial charge is 0.486 e. The van der Waals surface area contributed by atoms with E-state index in [1.165, 1.54) is 0 Å². The first kappa shape index (κ1) is 18.5. The minimum absolute atomic E-state index is 0.180. The number of rotatable bonds is 7. The van der Waals surface area contributed by atoms with E-state index in [-0.39, 0.29) is 5.91 Å². The predicted octanol–water partition coefficient (Wildman–Crippen LogP) is 4.96. The normalized spacial score (nSPS) is 15.2. The van der Waals surface area contributed by atoms with Gasteiger partial charge in [0.1, 0.15) is 18.2 Å². The topological polar surface area (TPSA) is 58.2 Å².